The topological polar surface area (TPSA) is 79.0 Å². The number of esters is 1. The lowest BCUT2D eigenvalue weighted by molar-refractivity contribution is -0.152. The van der Waals surface area contributed by atoms with E-state index in [-0.39, 0.29) is 29.9 Å². The normalized spacial score (nSPS) is 38.4. The Kier molecular flexibility index (Phi) is 4.21. The van der Waals surface area contributed by atoms with Gasteiger partial charge in [0.05, 0.1) is 18.6 Å². The number of carbonyl (C=O) groups excluding carboxylic acids is 3. The zero-order valence-electron chi connectivity index (χ0n) is 14.9. The molecule has 0 radical (unpaired) electrons. The Balaban J connectivity index is 1.56. The fourth-order valence-corrected chi connectivity index (χ4v) is 3.95. The molecule has 24 heavy (non-hydrogen) atoms. The number of nitrogens with zero attached hydrogens (tertiary/aromatic N) is 2. The third-order valence-corrected chi connectivity index (χ3v) is 5.99. The monoisotopic (exact) mass is 337 g/mol. The summed E-state index contributed by atoms with van der Waals surface area (Å²) < 4.78 is 4.89. The molecule has 1 aliphatic carbocycles. The van der Waals surface area contributed by atoms with Crippen molar-refractivity contribution in [3.63, 3.8) is 0 Å². The van der Waals surface area contributed by atoms with Crippen LogP contribution in [0.3, 0.4) is 0 Å². The molecule has 0 bridgehead atoms. The molecule has 3 amide bonds. The van der Waals surface area contributed by atoms with Crippen molar-refractivity contribution in [2.75, 3.05) is 26.7 Å². The maximum absolute atomic E-state index is 12.5. The molecule has 3 aliphatic rings. The van der Waals surface area contributed by atoms with Gasteiger partial charge in [0, 0.05) is 32.1 Å². The number of methoxy groups -OCH3 is 1. The largest absolute Gasteiger partial charge is 0.469 e. The lowest BCUT2D eigenvalue weighted by Crippen LogP contribution is -2.46. The fraction of sp³-hybridized carbons (Fsp3) is 0.824. The second-order valence-electron chi connectivity index (χ2n) is 7.87. The van der Waals surface area contributed by atoms with Crippen LogP contribution in [0.4, 0.5) is 4.79 Å². The smallest absolute Gasteiger partial charge is 0.317 e. The molecule has 2 aliphatic heterocycles. The molecule has 3 rings (SSSR count). The standard InChI is InChI=1S/C17H27N3O4/c1-10-5-13(10)20-8-12(6-14(20)21)18-16(23)19-7-11(2)17(3,9-19)15(22)24-4/h10-13H,5-9H2,1-4H3,(H,18,23)/t10-,11-,12-,13-,17-/m1/s1. The summed E-state index contributed by atoms with van der Waals surface area (Å²) in [6.45, 7) is 7.39. The number of hydrogen-bond acceptors (Lipinski definition) is 4. The summed E-state index contributed by atoms with van der Waals surface area (Å²) in [4.78, 5) is 40.2. The van der Waals surface area contributed by atoms with E-state index in [1.807, 2.05) is 18.7 Å². The maximum atomic E-state index is 12.5. The van der Waals surface area contributed by atoms with Crippen LogP contribution in [-0.2, 0) is 14.3 Å². The first-order valence-electron chi connectivity index (χ1n) is 8.69. The second-order valence-corrected chi connectivity index (χ2v) is 7.87. The highest BCUT2D eigenvalue weighted by Crippen LogP contribution is 2.38. The average Bonchev–Trinajstić information content (AvgIpc) is 3.01. The van der Waals surface area contributed by atoms with Crippen LogP contribution in [-0.4, -0.2) is 66.5 Å². The minimum absolute atomic E-state index is 0.0322. The lowest BCUT2D eigenvalue weighted by Gasteiger charge is -2.25. The van der Waals surface area contributed by atoms with Crippen molar-refractivity contribution in [3.05, 3.63) is 0 Å². The summed E-state index contributed by atoms with van der Waals surface area (Å²) in [5, 5.41) is 2.97. The molecule has 5 atom stereocenters. The number of ether oxygens (including phenoxy) is 1. The molecule has 3 fully saturated rings. The summed E-state index contributed by atoms with van der Waals surface area (Å²) in [6.07, 6.45) is 1.43. The lowest BCUT2D eigenvalue weighted by atomic mass is 9.81. The second kappa shape index (κ2) is 5.93. The third kappa shape index (κ3) is 2.84. The Morgan fingerprint density at radius 2 is 1.96 bits per heavy atom. The summed E-state index contributed by atoms with van der Waals surface area (Å²) in [7, 11) is 1.38. The van der Waals surface area contributed by atoms with Crippen molar-refractivity contribution < 1.29 is 19.1 Å². The van der Waals surface area contributed by atoms with Gasteiger partial charge in [-0.2, -0.15) is 0 Å². The molecule has 134 valence electrons. The van der Waals surface area contributed by atoms with Crippen LogP contribution < -0.4 is 5.32 Å². The number of urea groups is 1. The fourth-order valence-electron chi connectivity index (χ4n) is 3.95. The van der Waals surface area contributed by atoms with Crippen LogP contribution in [0.15, 0.2) is 0 Å². The van der Waals surface area contributed by atoms with Gasteiger partial charge in [-0.15, -0.1) is 0 Å². The van der Waals surface area contributed by atoms with E-state index in [1.165, 1.54) is 7.11 Å². The van der Waals surface area contributed by atoms with Gasteiger partial charge < -0.3 is 19.9 Å². The van der Waals surface area contributed by atoms with Crippen molar-refractivity contribution in [2.24, 2.45) is 17.3 Å². The number of nitrogens with one attached hydrogen (secondary N) is 1. The Labute approximate surface area is 142 Å². The predicted octanol–water partition coefficient (Wildman–Crippen LogP) is 0.836. The van der Waals surface area contributed by atoms with Gasteiger partial charge in [-0.1, -0.05) is 13.8 Å². The van der Waals surface area contributed by atoms with Gasteiger partial charge in [-0.3, -0.25) is 9.59 Å². The quantitative estimate of drug-likeness (QED) is 0.774. The van der Waals surface area contributed by atoms with Gasteiger partial charge in [0.15, 0.2) is 0 Å². The van der Waals surface area contributed by atoms with E-state index in [9.17, 15) is 14.4 Å². The minimum atomic E-state index is -0.674. The summed E-state index contributed by atoms with van der Waals surface area (Å²) in [5.41, 5.74) is -0.674. The van der Waals surface area contributed by atoms with E-state index in [4.69, 9.17) is 4.74 Å². The Morgan fingerprint density at radius 3 is 2.54 bits per heavy atom. The Bertz CT molecular complexity index is 566. The van der Waals surface area contributed by atoms with Crippen molar-refractivity contribution in [2.45, 2.75) is 45.7 Å². The van der Waals surface area contributed by atoms with Gasteiger partial charge in [-0.05, 0) is 25.2 Å². The molecule has 1 saturated carbocycles. The first kappa shape index (κ1) is 17.0. The molecule has 1 N–H and O–H groups in total. The van der Waals surface area contributed by atoms with Gasteiger partial charge in [0.1, 0.15) is 0 Å². The molecular formula is C17H27N3O4. The van der Waals surface area contributed by atoms with Crippen LogP contribution >= 0.6 is 0 Å². The highest BCUT2D eigenvalue weighted by Gasteiger charge is 2.49. The van der Waals surface area contributed by atoms with Gasteiger partial charge >= 0.3 is 12.0 Å². The molecule has 0 aromatic heterocycles. The average molecular weight is 337 g/mol. The summed E-state index contributed by atoms with van der Waals surface area (Å²) in [6, 6.07) is 0.0184. The van der Waals surface area contributed by atoms with E-state index in [2.05, 4.69) is 12.2 Å². The molecular weight excluding hydrogens is 310 g/mol. The molecule has 2 saturated heterocycles. The molecule has 7 heteroatoms. The van der Waals surface area contributed by atoms with E-state index in [1.54, 1.807) is 4.90 Å². The van der Waals surface area contributed by atoms with Crippen LogP contribution in [0, 0.1) is 17.3 Å². The summed E-state index contributed by atoms with van der Waals surface area (Å²) in [5.74, 6) is 0.451. The highest BCUT2D eigenvalue weighted by molar-refractivity contribution is 5.83. The van der Waals surface area contributed by atoms with E-state index in [0.29, 0.717) is 38.0 Å². The van der Waals surface area contributed by atoms with Crippen LogP contribution in [0.25, 0.3) is 0 Å². The van der Waals surface area contributed by atoms with Crippen molar-refractivity contribution in [3.8, 4) is 0 Å². The number of carbonyl (C=O) groups is 3. The molecule has 2 heterocycles. The number of amides is 3. The molecule has 0 aromatic rings. The number of hydrogen-bond donors (Lipinski definition) is 1. The molecule has 0 aromatic carbocycles. The van der Waals surface area contributed by atoms with E-state index >= 15 is 0 Å². The van der Waals surface area contributed by atoms with Crippen LogP contribution in [0.1, 0.15) is 33.6 Å². The maximum Gasteiger partial charge on any atom is 0.317 e. The van der Waals surface area contributed by atoms with Crippen molar-refractivity contribution in [1.82, 2.24) is 15.1 Å². The van der Waals surface area contributed by atoms with Gasteiger partial charge in [0.2, 0.25) is 5.91 Å². The Hall–Kier alpha value is -1.79. The predicted molar refractivity (Wildman–Crippen MR) is 87.1 cm³/mol. The summed E-state index contributed by atoms with van der Waals surface area (Å²) >= 11 is 0. The first-order chi connectivity index (χ1) is 11.3. The third-order valence-electron chi connectivity index (χ3n) is 5.99. The molecule has 0 spiro atoms. The molecule has 0 unspecified atom stereocenters. The van der Waals surface area contributed by atoms with Gasteiger partial charge in [0.25, 0.3) is 0 Å². The van der Waals surface area contributed by atoms with E-state index < -0.39 is 5.41 Å². The zero-order valence-corrected chi connectivity index (χ0v) is 14.9. The molecule has 7 nitrogen and oxygen atoms in total. The van der Waals surface area contributed by atoms with Crippen LogP contribution in [0.2, 0.25) is 0 Å². The minimum Gasteiger partial charge on any atom is -0.469 e. The van der Waals surface area contributed by atoms with Gasteiger partial charge in [-0.25, -0.2) is 4.79 Å². The highest BCUT2D eigenvalue weighted by atomic mass is 16.5. The van der Waals surface area contributed by atoms with E-state index in [0.717, 1.165) is 6.42 Å². The first-order valence-corrected chi connectivity index (χ1v) is 8.69. The Morgan fingerprint density at radius 1 is 1.29 bits per heavy atom. The number of likely N-dealkylation sites (tertiary alicyclic amines) is 2. The number of rotatable bonds is 3. The SMILES string of the molecule is COC(=O)[C@]1(C)CN(C(=O)N[C@@H]2CC(=O)N([C@@H]3C[C@H]3C)C2)C[C@H]1C. The zero-order chi connectivity index (χ0) is 17.6. The van der Waals surface area contributed by atoms with Crippen LogP contribution in [0.5, 0.6) is 0 Å². The van der Waals surface area contributed by atoms with Crippen molar-refractivity contribution in [1.29, 1.82) is 0 Å². The van der Waals surface area contributed by atoms with Crippen molar-refractivity contribution >= 4 is 17.9 Å².